The lowest BCUT2D eigenvalue weighted by atomic mass is 9.98. The summed E-state index contributed by atoms with van der Waals surface area (Å²) in [6, 6.07) is 13.1. The van der Waals surface area contributed by atoms with Crippen LogP contribution in [0.25, 0.3) is 0 Å². The lowest BCUT2D eigenvalue weighted by Crippen LogP contribution is -2.37. The van der Waals surface area contributed by atoms with Crippen molar-refractivity contribution in [3.05, 3.63) is 53.6 Å². The minimum atomic E-state index is -0.103. The Morgan fingerprint density at radius 2 is 2.00 bits per heavy atom. The topological polar surface area (TPSA) is 71.0 Å². The normalized spacial score (nSPS) is 16.8. The average Bonchev–Trinajstić information content (AvgIpc) is 2.75. The molecule has 2 N–H and O–H groups in total. The third-order valence-electron chi connectivity index (χ3n) is 5.36. The molecular weight excluding hydrogens is 392 g/mol. The number of rotatable bonds is 9. The Labute approximate surface area is 185 Å². The van der Waals surface area contributed by atoms with E-state index in [1.807, 2.05) is 51.1 Å². The molecule has 1 fully saturated rings. The molecule has 2 aromatic rings. The first-order valence-corrected chi connectivity index (χ1v) is 11.2. The van der Waals surface area contributed by atoms with E-state index in [9.17, 15) is 9.90 Å². The quantitative estimate of drug-likeness (QED) is 0.628. The van der Waals surface area contributed by atoms with Crippen LogP contribution in [-0.2, 0) is 6.54 Å². The lowest BCUT2D eigenvalue weighted by Gasteiger charge is -2.32. The number of hydrogen-bond donors (Lipinski definition) is 2. The summed E-state index contributed by atoms with van der Waals surface area (Å²) in [6.07, 6.45) is 2.22. The van der Waals surface area contributed by atoms with Gasteiger partial charge in [-0.05, 0) is 70.0 Å². The highest BCUT2D eigenvalue weighted by atomic mass is 16.5. The van der Waals surface area contributed by atoms with Crippen molar-refractivity contribution in [1.29, 1.82) is 0 Å². The minimum absolute atomic E-state index is 0.0793. The van der Waals surface area contributed by atoms with Crippen molar-refractivity contribution >= 4 is 5.91 Å². The predicted octanol–water partition coefficient (Wildman–Crippen LogP) is 4.22. The van der Waals surface area contributed by atoms with E-state index in [1.54, 1.807) is 12.1 Å². The van der Waals surface area contributed by atoms with Crippen LogP contribution in [0.4, 0.5) is 0 Å². The van der Waals surface area contributed by atoms with E-state index in [4.69, 9.17) is 9.47 Å². The number of para-hydroxylation sites is 1. The molecule has 6 heteroatoms. The average molecular weight is 427 g/mol. The van der Waals surface area contributed by atoms with Crippen molar-refractivity contribution in [3.63, 3.8) is 0 Å². The molecule has 1 saturated heterocycles. The number of benzene rings is 2. The zero-order valence-electron chi connectivity index (χ0n) is 18.8. The molecule has 0 spiro atoms. The van der Waals surface area contributed by atoms with Crippen LogP contribution < -0.4 is 14.8 Å². The van der Waals surface area contributed by atoms with Gasteiger partial charge in [-0.2, -0.15) is 0 Å². The Morgan fingerprint density at radius 3 is 2.77 bits per heavy atom. The van der Waals surface area contributed by atoms with Gasteiger partial charge in [-0.1, -0.05) is 18.2 Å². The first kappa shape index (κ1) is 22.9. The van der Waals surface area contributed by atoms with Gasteiger partial charge in [0, 0.05) is 25.0 Å². The highest BCUT2D eigenvalue weighted by Crippen LogP contribution is 2.28. The Balaban J connectivity index is 1.58. The molecule has 0 saturated carbocycles. The van der Waals surface area contributed by atoms with Crippen molar-refractivity contribution in [1.82, 2.24) is 10.2 Å². The Kier molecular flexibility index (Phi) is 8.18. The maximum Gasteiger partial charge on any atom is 0.255 e. The number of nitrogens with zero attached hydrogens (tertiary/aromatic N) is 1. The SMILES string of the molecule is CCOc1cc(CN2CCCC(COc3ccccc3C(=O)NC(C)C)C2)ccc1O. The number of aromatic hydroxyl groups is 1. The van der Waals surface area contributed by atoms with Gasteiger partial charge in [0.05, 0.1) is 18.8 Å². The van der Waals surface area contributed by atoms with Crippen molar-refractivity contribution < 1.29 is 19.4 Å². The van der Waals surface area contributed by atoms with Crippen LogP contribution in [0.1, 0.15) is 49.5 Å². The Bertz CT molecular complexity index is 868. The fraction of sp³-hybridized carbons (Fsp3) is 0.480. The number of phenolic OH excluding ortho intramolecular Hbond substituents is 1. The van der Waals surface area contributed by atoms with Crippen LogP contribution in [0, 0.1) is 5.92 Å². The second-order valence-corrected chi connectivity index (χ2v) is 8.41. The molecule has 1 amide bonds. The molecule has 31 heavy (non-hydrogen) atoms. The van der Waals surface area contributed by atoms with Crippen molar-refractivity contribution in [2.24, 2.45) is 5.92 Å². The van der Waals surface area contributed by atoms with E-state index < -0.39 is 0 Å². The van der Waals surface area contributed by atoms with E-state index >= 15 is 0 Å². The molecule has 1 aliphatic rings. The fourth-order valence-corrected chi connectivity index (χ4v) is 3.94. The minimum Gasteiger partial charge on any atom is -0.504 e. The second-order valence-electron chi connectivity index (χ2n) is 8.41. The largest absolute Gasteiger partial charge is 0.504 e. The molecule has 0 aromatic heterocycles. The first-order chi connectivity index (χ1) is 15.0. The summed E-state index contributed by atoms with van der Waals surface area (Å²) in [6.45, 7) is 9.70. The Morgan fingerprint density at radius 1 is 1.19 bits per heavy atom. The molecular formula is C25H34N2O4. The standard InChI is InChI=1S/C25H34N2O4/c1-4-30-24-14-19(11-12-22(24)28)15-27-13-7-8-20(16-27)17-31-23-10-6-5-9-21(23)25(29)26-18(2)3/h5-6,9-12,14,18,20,28H,4,7-8,13,15-17H2,1-3H3,(H,26,29). The summed E-state index contributed by atoms with van der Waals surface area (Å²) in [5.74, 6) is 1.65. The summed E-state index contributed by atoms with van der Waals surface area (Å²) in [4.78, 5) is 14.9. The number of hydrogen-bond acceptors (Lipinski definition) is 5. The number of phenols is 1. The van der Waals surface area contributed by atoms with Crippen LogP contribution >= 0.6 is 0 Å². The van der Waals surface area contributed by atoms with Crippen LogP contribution in [0.5, 0.6) is 17.2 Å². The molecule has 6 nitrogen and oxygen atoms in total. The molecule has 1 heterocycles. The number of nitrogens with one attached hydrogen (secondary N) is 1. The number of likely N-dealkylation sites (tertiary alicyclic amines) is 1. The zero-order chi connectivity index (χ0) is 22.2. The number of amides is 1. The summed E-state index contributed by atoms with van der Waals surface area (Å²) in [5, 5.41) is 12.9. The number of ether oxygens (including phenoxy) is 2. The third-order valence-corrected chi connectivity index (χ3v) is 5.36. The second kappa shape index (κ2) is 11.0. The van der Waals surface area contributed by atoms with Gasteiger partial charge in [-0.3, -0.25) is 9.69 Å². The van der Waals surface area contributed by atoms with E-state index in [0.717, 1.165) is 38.0 Å². The number of piperidine rings is 1. The van der Waals surface area contributed by atoms with E-state index in [1.165, 1.54) is 0 Å². The molecule has 1 aliphatic heterocycles. The highest BCUT2D eigenvalue weighted by molar-refractivity contribution is 5.97. The zero-order valence-corrected chi connectivity index (χ0v) is 18.8. The van der Waals surface area contributed by atoms with E-state index in [0.29, 0.717) is 36.2 Å². The smallest absolute Gasteiger partial charge is 0.255 e. The molecule has 1 unspecified atom stereocenters. The molecule has 168 valence electrons. The van der Waals surface area contributed by atoms with E-state index in [2.05, 4.69) is 10.2 Å². The monoisotopic (exact) mass is 426 g/mol. The van der Waals surface area contributed by atoms with Gasteiger partial charge in [0.15, 0.2) is 11.5 Å². The number of carbonyl (C=O) groups is 1. The Hall–Kier alpha value is -2.73. The van der Waals surface area contributed by atoms with Gasteiger partial charge >= 0.3 is 0 Å². The molecule has 0 bridgehead atoms. The highest BCUT2D eigenvalue weighted by Gasteiger charge is 2.22. The van der Waals surface area contributed by atoms with Gasteiger partial charge in [0.1, 0.15) is 5.75 Å². The summed E-state index contributed by atoms with van der Waals surface area (Å²) >= 11 is 0. The van der Waals surface area contributed by atoms with Crippen LogP contribution in [0.2, 0.25) is 0 Å². The lowest BCUT2D eigenvalue weighted by molar-refractivity contribution is 0.0932. The van der Waals surface area contributed by atoms with Crippen LogP contribution in [0.3, 0.4) is 0 Å². The van der Waals surface area contributed by atoms with Crippen LogP contribution in [-0.4, -0.2) is 48.3 Å². The fourth-order valence-electron chi connectivity index (χ4n) is 3.94. The van der Waals surface area contributed by atoms with Gasteiger partial charge in [-0.25, -0.2) is 0 Å². The first-order valence-electron chi connectivity index (χ1n) is 11.2. The van der Waals surface area contributed by atoms with E-state index in [-0.39, 0.29) is 17.7 Å². The maximum absolute atomic E-state index is 12.5. The maximum atomic E-state index is 12.5. The molecule has 0 aliphatic carbocycles. The van der Waals surface area contributed by atoms with Gasteiger partial charge < -0.3 is 19.9 Å². The molecule has 1 atom stereocenters. The van der Waals surface area contributed by atoms with Gasteiger partial charge in [-0.15, -0.1) is 0 Å². The van der Waals surface area contributed by atoms with Gasteiger partial charge in [0.25, 0.3) is 5.91 Å². The molecule has 0 radical (unpaired) electrons. The predicted molar refractivity (Wildman–Crippen MR) is 122 cm³/mol. The summed E-state index contributed by atoms with van der Waals surface area (Å²) in [7, 11) is 0. The van der Waals surface area contributed by atoms with Crippen molar-refractivity contribution in [2.45, 2.75) is 46.2 Å². The summed E-state index contributed by atoms with van der Waals surface area (Å²) < 4.78 is 11.6. The summed E-state index contributed by atoms with van der Waals surface area (Å²) in [5.41, 5.74) is 1.70. The van der Waals surface area contributed by atoms with Gasteiger partial charge in [0.2, 0.25) is 0 Å². The van der Waals surface area contributed by atoms with Crippen LogP contribution in [0.15, 0.2) is 42.5 Å². The molecule has 2 aromatic carbocycles. The third kappa shape index (κ3) is 6.62. The van der Waals surface area contributed by atoms with Crippen molar-refractivity contribution in [2.75, 3.05) is 26.3 Å². The number of carbonyl (C=O) groups excluding carboxylic acids is 1. The molecule has 3 rings (SSSR count). The van der Waals surface area contributed by atoms with Crippen molar-refractivity contribution in [3.8, 4) is 17.2 Å².